The first-order valence-corrected chi connectivity index (χ1v) is 6.23. The van der Waals surface area contributed by atoms with Crippen LogP contribution in [0.4, 0.5) is 0 Å². The summed E-state index contributed by atoms with van der Waals surface area (Å²) in [5.74, 6) is 0. The summed E-state index contributed by atoms with van der Waals surface area (Å²) in [6.07, 6.45) is 7.49. The molecule has 1 aliphatic heterocycles. The van der Waals surface area contributed by atoms with Crippen LogP contribution >= 0.6 is 0 Å². The maximum Gasteiger partial charge on any atom is 0.0948 e. The Morgan fingerprint density at radius 3 is 3.31 bits per heavy atom. The quantitative estimate of drug-likeness (QED) is 0.747. The number of nitrogens with zero attached hydrogens (tertiary/aromatic N) is 2. The summed E-state index contributed by atoms with van der Waals surface area (Å²) in [5.41, 5.74) is 1.33. The molecule has 0 radical (unpaired) electrons. The second-order valence-electron chi connectivity index (χ2n) is 4.21. The third-order valence-electron chi connectivity index (χ3n) is 3.05. The molecule has 0 bridgehead atoms. The molecule has 1 aromatic rings. The zero-order valence-electron chi connectivity index (χ0n) is 9.98. The highest BCUT2D eigenvalue weighted by molar-refractivity contribution is 5.07. The topological polar surface area (TPSA) is 39.1 Å². The monoisotopic (exact) mass is 223 g/mol. The van der Waals surface area contributed by atoms with Gasteiger partial charge in [0.2, 0.25) is 0 Å². The molecule has 1 N–H and O–H groups in total. The molecule has 0 unspecified atom stereocenters. The molecule has 2 rings (SSSR count). The molecule has 0 amide bonds. The van der Waals surface area contributed by atoms with Crippen LogP contribution in [-0.2, 0) is 11.3 Å². The summed E-state index contributed by atoms with van der Waals surface area (Å²) in [7, 11) is 0. The lowest BCUT2D eigenvalue weighted by Gasteiger charge is -2.13. The molecule has 1 atom stereocenters. The van der Waals surface area contributed by atoms with Gasteiger partial charge < -0.3 is 14.6 Å². The van der Waals surface area contributed by atoms with E-state index in [2.05, 4.69) is 14.9 Å². The van der Waals surface area contributed by atoms with Crippen molar-refractivity contribution in [3.8, 4) is 0 Å². The van der Waals surface area contributed by atoms with Gasteiger partial charge in [0.25, 0.3) is 0 Å². The van der Waals surface area contributed by atoms with Crippen molar-refractivity contribution in [1.29, 1.82) is 0 Å². The van der Waals surface area contributed by atoms with Gasteiger partial charge in [-0.1, -0.05) is 0 Å². The number of nitrogens with one attached hydrogen (secondary N) is 1. The minimum atomic E-state index is 0.509. The van der Waals surface area contributed by atoms with Crippen molar-refractivity contribution in [1.82, 2.24) is 14.9 Å². The summed E-state index contributed by atoms with van der Waals surface area (Å²) in [6, 6.07) is 0.509. The molecule has 0 saturated carbocycles. The standard InChI is InChI=1S/C12H21N3O/c1-2-16-8-4-7-15-10-13-9-12(15)11-5-3-6-14-11/h9-11,14H,2-8H2,1H3/t11-/m0/s1. The maximum atomic E-state index is 5.35. The van der Waals surface area contributed by atoms with E-state index in [1.807, 2.05) is 19.4 Å². The van der Waals surface area contributed by atoms with Gasteiger partial charge in [0.15, 0.2) is 0 Å². The van der Waals surface area contributed by atoms with Crippen molar-refractivity contribution in [3.05, 3.63) is 18.2 Å². The van der Waals surface area contributed by atoms with Crippen LogP contribution < -0.4 is 5.32 Å². The maximum absolute atomic E-state index is 5.35. The Hall–Kier alpha value is -0.870. The Morgan fingerprint density at radius 1 is 1.62 bits per heavy atom. The molecule has 16 heavy (non-hydrogen) atoms. The van der Waals surface area contributed by atoms with Gasteiger partial charge in [-0.25, -0.2) is 4.98 Å². The molecular weight excluding hydrogens is 202 g/mol. The van der Waals surface area contributed by atoms with E-state index in [1.54, 1.807) is 0 Å². The third-order valence-corrected chi connectivity index (χ3v) is 3.05. The van der Waals surface area contributed by atoms with Gasteiger partial charge >= 0.3 is 0 Å². The van der Waals surface area contributed by atoms with Crippen LogP contribution in [0.5, 0.6) is 0 Å². The fourth-order valence-corrected chi connectivity index (χ4v) is 2.23. The summed E-state index contributed by atoms with van der Waals surface area (Å²) in [4.78, 5) is 4.25. The van der Waals surface area contributed by atoms with Crippen molar-refractivity contribution < 1.29 is 4.74 Å². The van der Waals surface area contributed by atoms with E-state index in [0.29, 0.717) is 6.04 Å². The molecule has 90 valence electrons. The summed E-state index contributed by atoms with van der Waals surface area (Å²) < 4.78 is 7.60. The first-order chi connectivity index (χ1) is 7.92. The fraction of sp³-hybridized carbons (Fsp3) is 0.750. The Kier molecular flexibility index (Phi) is 4.36. The average molecular weight is 223 g/mol. The Labute approximate surface area is 97.0 Å². The molecule has 2 heterocycles. The lowest BCUT2D eigenvalue weighted by molar-refractivity contribution is 0.141. The fourth-order valence-electron chi connectivity index (χ4n) is 2.23. The number of hydrogen-bond donors (Lipinski definition) is 1. The predicted octanol–water partition coefficient (Wildman–Crippen LogP) is 1.73. The number of aromatic nitrogens is 2. The van der Waals surface area contributed by atoms with E-state index in [1.165, 1.54) is 18.5 Å². The normalized spacial score (nSPS) is 20.4. The zero-order valence-corrected chi connectivity index (χ0v) is 9.98. The second-order valence-corrected chi connectivity index (χ2v) is 4.21. The molecule has 0 aliphatic carbocycles. The smallest absolute Gasteiger partial charge is 0.0948 e. The van der Waals surface area contributed by atoms with Gasteiger partial charge in [0.05, 0.1) is 12.0 Å². The first kappa shape index (κ1) is 11.6. The van der Waals surface area contributed by atoms with E-state index >= 15 is 0 Å². The van der Waals surface area contributed by atoms with Crippen molar-refractivity contribution in [2.45, 2.75) is 38.8 Å². The van der Waals surface area contributed by atoms with Crippen LogP contribution in [0.15, 0.2) is 12.5 Å². The summed E-state index contributed by atoms with van der Waals surface area (Å²) in [5, 5.41) is 3.51. The summed E-state index contributed by atoms with van der Waals surface area (Å²) in [6.45, 7) is 5.82. The summed E-state index contributed by atoms with van der Waals surface area (Å²) >= 11 is 0. The van der Waals surface area contributed by atoms with Crippen molar-refractivity contribution in [2.24, 2.45) is 0 Å². The predicted molar refractivity (Wildman–Crippen MR) is 63.3 cm³/mol. The molecule has 0 spiro atoms. The Bertz CT molecular complexity index is 305. The Morgan fingerprint density at radius 2 is 2.56 bits per heavy atom. The highest BCUT2D eigenvalue weighted by Crippen LogP contribution is 2.22. The van der Waals surface area contributed by atoms with Gasteiger partial charge in [0, 0.05) is 32.0 Å². The highest BCUT2D eigenvalue weighted by Gasteiger charge is 2.19. The van der Waals surface area contributed by atoms with Crippen LogP contribution in [0, 0.1) is 0 Å². The molecule has 4 heteroatoms. The number of ether oxygens (including phenoxy) is 1. The van der Waals surface area contributed by atoms with Crippen molar-refractivity contribution in [3.63, 3.8) is 0 Å². The van der Waals surface area contributed by atoms with Gasteiger partial charge in [-0.15, -0.1) is 0 Å². The third kappa shape index (κ3) is 2.83. The van der Waals surface area contributed by atoms with Crippen LogP contribution in [0.25, 0.3) is 0 Å². The van der Waals surface area contributed by atoms with Crippen molar-refractivity contribution >= 4 is 0 Å². The van der Waals surface area contributed by atoms with Crippen LogP contribution in [0.2, 0.25) is 0 Å². The number of imidazole rings is 1. The van der Waals surface area contributed by atoms with E-state index in [4.69, 9.17) is 4.74 Å². The Balaban J connectivity index is 1.86. The molecular formula is C12H21N3O. The van der Waals surface area contributed by atoms with Crippen molar-refractivity contribution in [2.75, 3.05) is 19.8 Å². The van der Waals surface area contributed by atoms with Gasteiger partial charge in [0.1, 0.15) is 0 Å². The van der Waals surface area contributed by atoms with E-state index in [-0.39, 0.29) is 0 Å². The minimum Gasteiger partial charge on any atom is -0.382 e. The van der Waals surface area contributed by atoms with Gasteiger partial charge in [-0.05, 0) is 32.7 Å². The number of hydrogen-bond acceptors (Lipinski definition) is 3. The lowest BCUT2D eigenvalue weighted by Crippen LogP contribution is -2.17. The SMILES string of the molecule is CCOCCCn1cncc1[C@@H]1CCCN1. The molecule has 0 aromatic carbocycles. The van der Waals surface area contributed by atoms with Crippen LogP contribution in [0.1, 0.15) is 37.9 Å². The van der Waals surface area contributed by atoms with Crippen LogP contribution in [-0.4, -0.2) is 29.3 Å². The lowest BCUT2D eigenvalue weighted by atomic mass is 10.2. The molecule has 1 fully saturated rings. The highest BCUT2D eigenvalue weighted by atomic mass is 16.5. The molecule has 1 saturated heterocycles. The van der Waals surface area contributed by atoms with Gasteiger partial charge in [-0.3, -0.25) is 0 Å². The molecule has 4 nitrogen and oxygen atoms in total. The largest absolute Gasteiger partial charge is 0.382 e. The second kappa shape index (κ2) is 6.01. The average Bonchev–Trinajstić information content (AvgIpc) is 2.94. The first-order valence-electron chi connectivity index (χ1n) is 6.23. The van der Waals surface area contributed by atoms with E-state index < -0.39 is 0 Å². The van der Waals surface area contributed by atoms with E-state index in [9.17, 15) is 0 Å². The van der Waals surface area contributed by atoms with Crippen LogP contribution in [0.3, 0.4) is 0 Å². The van der Waals surface area contributed by atoms with Gasteiger partial charge in [-0.2, -0.15) is 0 Å². The molecule has 1 aromatic heterocycles. The minimum absolute atomic E-state index is 0.509. The zero-order chi connectivity index (χ0) is 11.2. The van der Waals surface area contributed by atoms with E-state index in [0.717, 1.165) is 32.7 Å². The number of rotatable bonds is 6. The number of aryl methyl sites for hydroxylation is 1. The molecule has 1 aliphatic rings.